The lowest BCUT2D eigenvalue weighted by atomic mass is 9.94. The highest BCUT2D eigenvalue weighted by Crippen LogP contribution is 2.11. The molecule has 0 aromatic carbocycles. The number of ether oxygens (including phenoxy) is 1. The molecule has 0 amide bonds. The van der Waals surface area contributed by atoms with Crippen LogP contribution < -0.4 is 0 Å². The zero-order valence-electron chi connectivity index (χ0n) is 8.99. The van der Waals surface area contributed by atoms with E-state index in [1.165, 1.54) is 14.0 Å². The summed E-state index contributed by atoms with van der Waals surface area (Å²) in [5.41, 5.74) is 0. The molecule has 14 heavy (non-hydrogen) atoms. The van der Waals surface area contributed by atoms with Crippen molar-refractivity contribution in [3.05, 3.63) is 0 Å². The van der Waals surface area contributed by atoms with E-state index in [-0.39, 0.29) is 23.9 Å². The van der Waals surface area contributed by atoms with Gasteiger partial charge in [-0.3, -0.25) is 14.4 Å². The lowest BCUT2D eigenvalue weighted by Gasteiger charge is -2.11. The van der Waals surface area contributed by atoms with Crippen molar-refractivity contribution in [2.24, 2.45) is 11.8 Å². The summed E-state index contributed by atoms with van der Waals surface area (Å²) in [6.07, 6.45) is -0.0559. The van der Waals surface area contributed by atoms with Crippen molar-refractivity contribution in [1.82, 2.24) is 0 Å². The van der Waals surface area contributed by atoms with E-state index in [2.05, 4.69) is 4.74 Å². The highest BCUT2D eigenvalue weighted by molar-refractivity contribution is 6.01. The van der Waals surface area contributed by atoms with Crippen molar-refractivity contribution < 1.29 is 19.1 Å². The van der Waals surface area contributed by atoms with E-state index in [1.54, 1.807) is 13.8 Å². The molecule has 4 heteroatoms. The van der Waals surface area contributed by atoms with Crippen molar-refractivity contribution in [2.75, 3.05) is 7.11 Å². The van der Waals surface area contributed by atoms with Crippen molar-refractivity contribution in [3.63, 3.8) is 0 Å². The summed E-state index contributed by atoms with van der Waals surface area (Å²) in [5.74, 6) is -2.16. The van der Waals surface area contributed by atoms with Crippen LogP contribution in [0.4, 0.5) is 0 Å². The molecule has 0 heterocycles. The number of rotatable bonds is 5. The number of hydrogen-bond acceptors (Lipinski definition) is 4. The Hall–Kier alpha value is -1.19. The monoisotopic (exact) mass is 200 g/mol. The molecule has 0 fully saturated rings. The zero-order chi connectivity index (χ0) is 11.3. The van der Waals surface area contributed by atoms with Crippen LogP contribution in [0.3, 0.4) is 0 Å². The van der Waals surface area contributed by atoms with Crippen LogP contribution in [0.5, 0.6) is 0 Å². The molecule has 0 rings (SSSR count). The van der Waals surface area contributed by atoms with Gasteiger partial charge in [-0.15, -0.1) is 0 Å². The molecule has 0 bridgehead atoms. The molecule has 80 valence electrons. The second kappa shape index (κ2) is 5.52. The topological polar surface area (TPSA) is 60.4 Å². The van der Waals surface area contributed by atoms with Crippen molar-refractivity contribution in [3.8, 4) is 0 Å². The summed E-state index contributed by atoms with van der Waals surface area (Å²) < 4.78 is 4.44. The minimum absolute atomic E-state index is 0.0559. The van der Waals surface area contributed by atoms with Crippen LogP contribution in [-0.2, 0) is 19.1 Å². The van der Waals surface area contributed by atoms with Crippen LogP contribution in [0, 0.1) is 11.8 Å². The quantitative estimate of drug-likeness (QED) is 0.490. The first-order chi connectivity index (χ1) is 6.40. The molecular formula is C10H16O4. The van der Waals surface area contributed by atoms with Gasteiger partial charge in [-0.25, -0.2) is 0 Å². The Labute approximate surface area is 83.6 Å². The lowest BCUT2D eigenvalue weighted by molar-refractivity contribution is -0.151. The Morgan fingerprint density at radius 1 is 1.21 bits per heavy atom. The maximum absolute atomic E-state index is 11.3. The molecule has 0 radical (unpaired) electrons. The molecule has 0 spiro atoms. The summed E-state index contributed by atoms with van der Waals surface area (Å²) in [6, 6.07) is 0. The molecule has 0 aliphatic rings. The fourth-order valence-corrected chi connectivity index (χ4v) is 0.972. The fraction of sp³-hybridized carbons (Fsp3) is 0.700. The van der Waals surface area contributed by atoms with Gasteiger partial charge in [0.2, 0.25) is 0 Å². The maximum atomic E-state index is 11.3. The minimum Gasteiger partial charge on any atom is -0.468 e. The number of carbonyl (C=O) groups is 3. The fourth-order valence-electron chi connectivity index (χ4n) is 0.972. The molecular weight excluding hydrogens is 184 g/mol. The van der Waals surface area contributed by atoms with Crippen LogP contribution in [-0.4, -0.2) is 24.6 Å². The molecule has 0 aliphatic carbocycles. The third-order valence-corrected chi connectivity index (χ3v) is 2.03. The maximum Gasteiger partial charge on any atom is 0.316 e. The standard InChI is InChI=1S/C10H16O4/c1-6(2)9(12)5-8(7(3)11)10(13)14-4/h6,8H,5H2,1-4H3. The van der Waals surface area contributed by atoms with Gasteiger partial charge in [0, 0.05) is 12.3 Å². The second-order valence-electron chi connectivity index (χ2n) is 3.51. The molecule has 4 nitrogen and oxygen atoms in total. The van der Waals surface area contributed by atoms with E-state index in [0.717, 1.165) is 0 Å². The molecule has 0 aromatic heterocycles. The van der Waals surface area contributed by atoms with E-state index in [9.17, 15) is 14.4 Å². The highest BCUT2D eigenvalue weighted by Gasteiger charge is 2.27. The Morgan fingerprint density at radius 2 is 1.71 bits per heavy atom. The molecule has 0 aliphatic heterocycles. The van der Waals surface area contributed by atoms with Gasteiger partial charge in [0.1, 0.15) is 17.5 Å². The van der Waals surface area contributed by atoms with E-state index in [4.69, 9.17) is 0 Å². The van der Waals surface area contributed by atoms with Gasteiger partial charge < -0.3 is 4.74 Å². The van der Waals surface area contributed by atoms with Gasteiger partial charge in [-0.1, -0.05) is 13.8 Å². The van der Waals surface area contributed by atoms with Crippen molar-refractivity contribution in [1.29, 1.82) is 0 Å². The smallest absolute Gasteiger partial charge is 0.316 e. The van der Waals surface area contributed by atoms with Crippen LogP contribution >= 0.6 is 0 Å². The summed E-state index contributed by atoms with van der Waals surface area (Å²) in [6.45, 7) is 4.75. The van der Waals surface area contributed by atoms with Gasteiger partial charge in [0.05, 0.1) is 7.11 Å². The number of ketones is 2. The summed E-state index contributed by atoms with van der Waals surface area (Å²) in [4.78, 5) is 33.5. The van der Waals surface area contributed by atoms with Crippen molar-refractivity contribution >= 4 is 17.5 Å². The number of Topliss-reactive ketones (excluding diaryl/α,β-unsaturated/α-hetero) is 2. The summed E-state index contributed by atoms with van der Waals surface area (Å²) in [7, 11) is 1.21. The van der Waals surface area contributed by atoms with Gasteiger partial charge in [-0.2, -0.15) is 0 Å². The number of methoxy groups -OCH3 is 1. The van der Waals surface area contributed by atoms with E-state index in [1.807, 2.05) is 0 Å². The van der Waals surface area contributed by atoms with Gasteiger partial charge >= 0.3 is 5.97 Å². The van der Waals surface area contributed by atoms with Crippen LogP contribution in [0.15, 0.2) is 0 Å². The first-order valence-electron chi connectivity index (χ1n) is 4.51. The molecule has 0 saturated heterocycles. The predicted molar refractivity (Wildman–Crippen MR) is 50.6 cm³/mol. The van der Waals surface area contributed by atoms with E-state index >= 15 is 0 Å². The normalized spacial score (nSPS) is 12.4. The Morgan fingerprint density at radius 3 is 2.00 bits per heavy atom. The third kappa shape index (κ3) is 3.68. The molecule has 1 atom stereocenters. The lowest BCUT2D eigenvalue weighted by Crippen LogP contribution is -2.27. The number of esters is 1. The third-order valence-electron chi connectivity index (χ3n) is 2.03. The Kier molecular flexibility index (Phi) is 5.05. The summed E-state index contributed by atoms with van der Waals surface area (Å²) in [5, 5.41) is 0. The highest BCUT2D eigenvalue weighted by atomic mass is 16.5. The summed E-state index contributed by atoms with van der Waals surface area (Å²) >= 11 is 0. The number of hydrogen-bond donors (Lipinski definition) is 0. The molecule has 0 saturated carbocycles. The Bertz CT molecular complexity index is 243. The SMILES string of the molecule is COC(=O)C(CC(=O)C(C)C)C(C)=O. The van der Waals surface area contributed by atoms with Crippen LogP contribution in [0.1, 0.15) is 27.2 Å². The van der Waals surface area contributed by atoms with Crippen LogP contribution in [0.2, 0.25) is 0 Å². The minimum atomic E-state index is -0.935. The average molecular weight is 200 g/mol. The largest absolute Gasteiger partial charge is 0.468 e. The van der Waals surface area contributed by atoms with Gasteiger partial charge in [-0.05, 0) is 6.92 Å². The molecule has 1 unspecified atom stereocenters. The van der Waals surface area contributed by atoms with Gasteiger partial charge in [0.25, 0.3) is 0 Å². The first-order valence-corrected chi connectivity index (χ1v) is 4.51. The van der Waals surface area contributed by atoms with E-state index < -0.39 is 11.9 Å². The van der Waals surface area contributed by atoms with E-state index in [0.29, 0.717) is 0 Å². The molecule has 0 aromatic rings. The zero-order valence-corrected chi connectivity index (χ0v) is 8.99. The molecule has 0 N–H and O–H groups in total. The Balaban J connectivity index is 4.46. The van der Waals surface area contributed by atoms with Gasteiger partial charge in [0.15, 0.2) is 0 Å². The predicted octanol–water partition coefficient (Wildman–Crippen LogP) is 0.980. The van der Waals surface area contributed by atoms with Crippen LogP contribution in [0.25, 0.3) is 0 Å². The average Bonchev–Trinajstić information content (AvgIpc) is 2.11. The van der Waals surface area contributed by atoms with Crippen molar-refractivity contribution in [2.45, 2.75) is 27.2 Å². The second-order valence-corrected chi connectivity index (χ2v) is 3.51. The first kappa shape index (κ1) is 12.8. The number of carbonyl (C=O) groups excluding carboxylic acids is 3.